The summed E-state index contributed by atoms with van der Waals surface area (Å²) in [5, 5.41) is 13.5. The standard InChI is InChI=1S/C18H31N3O4S/c1-12(22)20-11-17(2,3)14(19)10-15(23)21-16(24)18(4,5)26-13-6-8-25-9-7-13/h13,19H,6-11H2,1-5H3,(H,20,22)(H,21,23,24). The van der Waals surface area contributed by atoms with E-state index in [2.05, 4.69) is 10.6 Å². The SMILES string of the molecule is CC(=O)NCC(C)(C)C(=N)CC(=O)NC(=O)C(C)(C)SC1CCOCC1. The molecule has 0 radical (unpaired) electrons. The van der Waals surface area contributed by atoms with Gasteiger partial charge in [0.1, 0.15) is 0 Å². The molecule has 7 nitrogen and oxygen atoms in total. The first-order valence-electron chi connectivity index (χ1n) is 8.86. The third-order valence-corrected chi connectivity index (χ3v) is 5.94. The van der Waals surface area contributed by atoms with Crippen molar-refractivity contribution in [1.82, 2.24) is 10.6 Å². The average molecular weight is 386 g/mol. The van der Waals surface area contributed by atoms with E-state index in [4.69, 9.17) is 10.1 Å². The van der Waals surface area contributed by atoms with Crippen molar-refractivity contribution in [2.75, 3.05) is 19.8 Å². The Morgan fingerprint density at radius 1 is 1.15 bits per heavy atom. The van der Waals surface area contributed by atoms with Crippen LogP contribution in [-0.4, -0.2) is 53.2 Å². The maximum atomic E-state index is 12.5. The fourth-order valence-corrected chi connectivity index (χ4v) is 3.86. The lowest BCUT2D eigenvalue weighted by Crippen LogP contribution is -2.46. The molecule has 0 aromatic carbocycles. The van der Waals surface area contributed by atoms with Crippen LogP contribution in [0.5, 0.6) is 0 Å². The third kappa shape index (κ3) is 7.45. The lowest BCUT2D eigenvalue weighted by Gasteiger charge is -2.30. The molecular formula is C18H31N3O4S. The number of nitrogens with one attached hydrogen (secondary N) is 3. The maximum absolute atomic E-state index is 12.5. The minimum atomic E-state index is -0.731. The maximum Gasteiger partial charge on any atom is 0.242 e. The smallest absolute Gasteiger partial charge is 0.242 e. The summed E-state index contributed by atoms with van der Waals surface area (Å²) in [6.45, 7) is 10.3. The summed E-state index contributed by atoms with van der Waals surface area (Å²) in [7, 11) is 0. The number of imide groups is 1. The highest BCUT2D eigenvalue weighted by Crippen LogP contribution is 2.34. The molecule has 148 valence electrons. The van der Waals surface area contributed by atoms with Crippen molar-refractivity contribution in [3.8, 4) is 0 Å². The van der Waals surface area contributed by atoms with Crippen LogP contribution in [0.25, 0.3) is 0 Å². The van der Waals surface area contributed by atoms with Crippen LogP contribution >= 0.6 is 11.8 Å². The van der Waals surface area contributed by atoms with Gasteiger partial charge in [0.15, 0.2) is 0 Å². The number of ether oxygens (including phenoxy) is 1. The van der Waals surface area contributed by atoms with Gasteiger partial charge in [-0.3, -0.25) is 19.7 Å². The summed E-state index contributed by atoms with van der Waals surface area (Å²) in [6, 6.07) is 0. The van der Waals surface area contributed by atoms with Crippen LogP contribution in [0.3, 0.4) is 0 Å². The molecule has 1 fully saturated rings. The second-order valence-electron chi connectivity index (χ2n) is 7.77. The second-order valence-corrected chi connectivity index (χ2v) is 9.69. The van der Waals surface area contributed by atoms with Crippen molar-refractivity contribution >= 4 is 35.2 Å². The van der Waals surface area contributed by atoms with E-state index >= 15 is 0 Å². The van der Waals surface area contributed by atoms with Crippen LogP contribution in [0.2, 0.25) is 0 Å². The topological polar surface area (TPSA) is 108 Å². The van der Waals surface area contributed by atoms with E-state index in [9.17, 15) is 14.4 Å². The Balaban J connectivity index is 2.53. The molecule has 0 saturated carbocycles. The molecule has 1 saturated heterocycles. The van der Waals surface area contributed by atoms with E-state index in [-0.39, 0.29) is 30.5 Å². The predicted molar refractivity (Wildman–Crippen MR) is 103 cm³/mol. The highest BCUT2D eigenvalue weighted by atomic mass is 32.2. The van der Waals surface area contributed by atoms with Gasteiger partial charge in [-0.2, -0.15) is 0 Å². The summed E-state index contributed by atoms with van der Waals surface area (Å²) in [6.07, 6.45) is 1.63. The fraction of sp³-hybridized carbons (Fsp3) is 0.778. The summed E-state index contributed by atoms with van der Waals surface area (Å²) < 4.78 is 4.60. The zero-order valence-corrected chi connectivity index (χ0v) is 17.2. The largest absolute Gasteiger partial charge is 0.381 e. The quantitative estimate of drug-likeness (QED) is 0.553. The van der Waals surface area contributed by atoms with Gasteiger partial charge in [-0.05, 0) is 26.7 Å². The highest BCUT2D eigenvalue weighted by Gasteiger charge is 2.34. The molecule has 1 aliphatic heterocycles. The van der Waals surface area contributed by atoms with Gasteiger partial charge in [0.05, 0.1) is 11.2 Å². The lowest BCUT2D eigenvalue weighted by atomic mass is 9.85. The van der Waals surface area contributed by atoms with Crippen LogP contribution in [0.15, 0.2) is 0 Å². The fourth-order valence-electron chi connectivity index (χ4n) is 2.44. The Labute approximate surface area is 159 Å². The summed E-state index contributed by atoms with van der Waals surface area (Å²) in [5.74, 6) is -1.01. The number of amides is 3. The minimum absolute atomic E-state index is 0.170. The molecule has 1 aliphatic rings. The van der Waals surface area contributed by atoms with Crippen molar-refractivity contribution < 1.29 is 19.1 Å². The zero-order valence-electron chi connectivity index (χ0n) is 16.4. The summed E-state index contributed by atoms with van der Waals surface area (Å²) in [5.41, 5.74) is -0.482. The van der Waals surface area contributed by atoms with Crippen LogP contribution in [0.1, 0.15) is 53.9 Å². The number of hydrogen-bond acceptors (Lipinski definition) is 6. The highest BCUT2D eigenvalue weighted by molar-refractivity contribution is 8.01. The molecule has 0 aromatic heterocycles. The summed E-state index contributed by atoms with van der Waals surface area (Å²) in [4.78, 5) is 35.7. The third-order valence-electron chi connectivity index (χ3n) is 4.36. The van der Waals surface area contributed by atoms with Crippen molar-refractivity contribution in [3.63, 3.8) is 0 Å². The molecular weight excluding hydrogens is 354 g/mol. The van der Waals surface area contributed by atoms with Crippen molar-refractivity contribution in [2.24, 2.45) is 5.41 Å². The molecule has 1 rings (SSSR count). The van der Waals surface area contributed by atoms with Gasteiger partial charge in [0.25, 0.3) is 0 Å². The monoisotopic (exact) mass is 385 g/mol. The molecule has 1 heterocycles. The number of carbonyl (C=O) groups excluding carboxylic acids is 3. The molecule has 0 aliphatic carbocycles. The number of rotatable bonds is 8. The molecule has 0 atom stereocenters. The molecule has 3 N–H and O–H groups in total. The Morgan fingerprint density at radius 2 is 1.73 bits per heavy atom. The first-order valence-corrected chi connectivity index (χ1v) is 9.74. The van der Waals surface area contributed by atoms with E-state index < -0.39 is 16.1 Å². The molecule has 8 heteroatoms. The van der Waals surface area contributed by atoms with Gasteiger partial charge in [0, 0.05) is 43.1 Å². The Morgan fingerprint density at radius 3 is 2.27 bits per heavy atom. The van der Waals surface area contributed by atoms with E-state index in [0.29, 0.717) is 18.5 Å². The first kappa shape index (κ1) is 22.6. The molecule has 26 heavy (non-hydrogen) atoms. The Kier molecular flexibility index (Phi) is 8.27. The first-order chi connectivity index (χ1) is 11.9. The van der Waals surface area contributed by atoms with Gasteiger partial charge in [-0.1, -0.05) is 13.8 Å². The minimum Gasteiger partial charge on any atom is -0.381 e. The lowest BCUT2D eigenvalue weighted by molar-refractivity contribution is -0.130. The normalized spacial score (nSPS) is 16.0. The van der Waals surface area contributed by atoms with E-state index in [1.54, 1.807) is 25.6 Å². The van der Waals surface area contributed by atoms with Crippen molar-refractivity contribution in [2.45, 2.75) is 63.9 Å². The van der Waals surface area contributed by atoms with E-state index in [0.717, 1.165) is 12.8 Å². The second kappa shape index (κ2) is 9.50. The van der Waals surface area contributed by atoms with E-state index in [1.807, 2.05) is 13.8 Å². The van der Waals surface area contributed by atoms with E-state index in [1.165, 1.54) is 6.92 Å². The van der Waals surface area contributed by atoms with Gasteiger partial charge < -0.3 is 15.5 Å². The Hall–Kier alpha value is -1.41. The van der Waals surface area contributed by atoms with Crippen LogP contribution < -0.4 is 10.6 Å². The van der Waals surface area contributed by atoms with Crippen LogP contribution in [-0.2, 0) is 19.1 Å². The zero-order chi connectivity index (χ0) is 20.0. The summed E-state index contributed by atoms with van der Waals surface area (Å²) >= 11 is 1.56. The number of thioether (sulfide) groups is 1. The van der Waals surface area contributed by atoms with Crippen molar-refractivity contribution in [1.29, 1.82) is 5.41 Å². The average Bonchev–Trinajstić information content (AvgIpc) is 2.53. The molecule has 0 spiro atoms. The van der Waals surface area contributed by atoms with Crippen LogP contribution in [0, 0.1) is 10.8 Å². The van der Waals surface area contributed by atoms with Gasteiger partial charge in [-0.15, -0.1) is 11.8 Å². The number of carbonyl (C=O) groups is 3. The van der Waals surface area contributed by atoms with Gasteiger partial charge in [0.2, 0.25) is 17.7 Å². The molecule has 0 unspecified atom stereocenters. The number of hydrogen-bond donors (Lipinski definition) is 3. The van der Waals surface area contributed by atoms with Gasteiger partial charge in [-0.25, -0.2) is 0 Å². The molecule has 3 amide bonds. The Bertz CT molecular complexity index is 555. The van der Waals surface area contributed by atoms with Gasteiger partial charge >= 0.3 is 0 Å². The molecule has 0 aromatic rings. The van der Waals surface area contributed by atoms with Crippen molar-refractivity contribution in [3.05, 3.63) is 0 Å². The predicted octanol–water partition coefficient (Wildman–Crippen LogP) is 1.89. The van der Waals surface area contributed by atoms with Crippen LogP contribution in [0.4, 0.5) is 0 Å². The molecule has 0 bridgehead atoms.